The van der Waals surface area contributed by atoms with Gasteiger partial charge in [-0.25, -0.2) is 0 Å². The third-order valence-corrected chi connectivity index (χ3v) is 11.4. The van der Waals surface area contributed by atoms with Crippen LogP contribution in [0.3, 0.4) is 0 Å². The molecule has 0 spiro atoms. The van der Waals surface area contributed by atoms with Crippen molar-refractivity contribution >= 4 is 17.9 Å². The first kappa shape index (κ1) is 64.8. The number of hydrogen-bond acceptors (Lipinski definition) is 6. The summed E-state index contributed by atoms with van der Waals surface area (Å²) in [7, 11) is 0. The van der Waals surface area contributed by atoms with Gasteiger partial charge in [-0.3, -0.25) is 14.4 Å². The van der Waals surface area contributed by atoms with E-state index in [4.69, 9.17) is 14.2 Å². The van der Waals surface area contributed by atoms with Gasteiger partial charge >= 0.3 is 17.9 Å². The van der Waals surface area contributed by atoms with E-state index in [9.17, 15) is 14.4 Å². The Morgan fingerprint density at radius 2 is 0.565 bits per heavy atom. The topological polar surface area (TPSA) is 78.9 Å². The Kier molecular flexibility index (Phi) is 53.0. The van der Waals surface area contributed by atoms with Crippen LogP contribution in [0, 0.1) is 0 Å². The lowest BCUT2D eigenvalue weighted by molar-refractivity contribution is -0.167. The van der Waals surface area contributed by atoms with E-state index in [0.29, 0.717) is 19.3 Å². The first-order chi connectivity index (χ1) is 34.0. The summed E-state index contributed by atoms with van der Waals surface area (Å²) in [5.74, 6) is -0.981. The van der Waals surface area contributed by atoms with Gasteiger partial charge in [0.25, 0.3) is 0 Å². The molecule has 0 bridgehead atoms. The van der Waals surface area contributed by atoms with Gasteiger partial charge in [-0.2, -0.15) is 0 Å². The van der Waals surface area contributed by atoms with E-state index < -0.39 is 6.10 Å². The molecule has 0 saturated carbocycles. The van der Waals surface area contributed by atoms with Crippen LogP contribution in [0.1, 0.15) is 239 Å². The zero-order valence-electron chi connectivity index (χ0n) is 44.5. The fourth-order valence-electron chi connectivity index (χ4n) is 7.21. The minimum atomic E-state index is -0.815. The Morgan fingerprint density at radius 1 is 0.304 bits per heavy atom. The summed E-state index contributed by atoms with van der Waals surface area (Å²) in [6.07, 6.45) is 77.5. The molecule has 0 aliphatic rings. The number of ether oxygens (including phenoxy) is 3. The molecule has 0 fully saturated rings. The van der Waals surface area contributed by atoms with E-state index in [1.807, 2.05) is 0 Å². The van der Waals surface area contributed by atoms with Crippen molar-refractivity contribution in [1.29, 1.82) is 0 Å². The summed E-state index contributed by atoms with van der Waals surface area (Å²) >= 11 is 0. The van der Waals surface area contributed by atoms with Gasteiger partial charge in [0, 0.05) is 19.3 Å². The second-order valence-electron chi connectivity index (χ2n) is 18.1. The molecule has 0 radical (unpaired) electrons. The summed E-state index contributed by atoms with van der Waals surface area (Å²) < 4.78 is 16.8. The van der Waals surface area contributed by atoms with Gasteiger partial charge in [0.1, 0.15) is 13.2 Å². The fraction of sp³-hybridized carbons (Fsp3) is 0.635. The summed E-state index contributed by atoms with van der Waals surface area (Å²) in [6, 6.07) is 0. The second-order valence-corrected chi connectivity index (χ2v) is 18.1. The smallest absolute Gasteiger partial charge is 0.306 e. The highest BCUT2D eigenvalue weighted by Gasteiger charge is 2.19. The fourth-order valence-corrected chi connectivity index (χ4v) is 7.21. The molecule has 0 aliphatic carbocycles. The van der Waals surface area contributed by atoms with E-state index in [-0.39, 0.29) is 37.5 Å². The van der Waals surface area contributed by atoms with E-state index in [1.54, 1.807) is 0 Å². The van der Waals surface area contributed by atoms with E-state index in [2.05, 4.69) is 142 Å². The van der Waals surface area contributed by atoms with Crippen molar-refractivity contribution in [3.63, 3.8) is 0 Å². The first-order valence-corrected chi connectivity index (χ1v) is 28.0. The van der Waals surface area contributed by atoms with Crippen LogP contribution < -0.4 is 0 Å². The molecule has 6 nitrogen and oxygen atoms in total. The number of hydrogen-bond donors (Lipinski definition) is 0. The number of unbranched alkanes of at least 4 members (excludes halogenated alkanes) is 18. The number of esters is 3. The zero-order chi connectivity index (χ0) is 50.0. The van der Waals surface area contributed by atoms with Gasteiger partial charge in [0.05, 0.1) is 0 Å². The molecule has 0 saturated heterocycles. The lowest BCUT2D eigenvalue weighted by atomic mass is 10.1. The van der Waals surface area contributed by atoms with Gasteiger partial charge in [-0.05, 0) is 135 Å². The molecule has 0 unspecified atom stereocenters. The number of rotatable bonds is 49. The average Bonchev–Trinajstić information content (AvgIpc) is 3.35. The molecule has 0 aromatic heterocycles. The Morgan fingerprint density at radius 3 is 0.899 bits per heavy atom. The SMILES string of the molecule is CC/C=C\C/C=C\C/C=C\C/C=C\CCCCCCC(=O)OC[C@H](COC(=O)CCCCCCC/C=C\C/C=C\CCCCC)OC(=O)CCCCC/C=C\C/C=C\C/C=C\C/C=C\CCCCC. The first-order valence-electron chi connectivity index (χ1n) is 28.0. The maximum absolute atomic E-state index is 12.8. The minimum Gasteiger partial charge on any atom is -0.462 e. The lowest BCUT2D eigenvalue weighted by Crippen LogP contribution is -2.30. The van der Waals surface area contributed by atoms with Crippen molar-refractivity contribution in [2.24, 2.45) is 0 Å². The minimum absolute atomic E-state index is 0.110. The van der Waals surface area contributed by atoms with Crippen LogP contribution in [0.5, 0.6) is 0 Å². The standard InChI is InChI=1S/C63H102O6/c1-4-7-10-13-16-19-22-25-28-30-31-33-36-39-42-45-48-51-54-57-63(66)69-60(58-67-61(64)55-52-49-46-43-40-37-34-27-24-21-18-15-12-9-6-3)59-68-62(65)56-53-50-47-44-41-38-35-32-29-26-23-20-17-14-11-8-5-2/h8,11,16-21,25-29,31,33-35,38-39,42,60H,4-7,9-10,12-15,22-24,30,32,36-37,40-41,43-59H2,1-3H3/b11-8-,19-16-,20-17-,21-18-,28-25-,29-26-,33-31-,34-27-,38-35-,42-39-/t60-/m0/s1. The van der Waals surface area contributed by atoms with Crippen molar-refractivity contribution < 1.29 is 28.6 Å². The summed E-state index contributed by atoms with van der Waals surface area (Å²) in [5, 5.41) is 0. The van der Waals surface area contributed by atoms with Gasteiger partial charge < -0.3 is 14.2 Å². The molecule has 0 heterocycles. The molecule has 0 aromatic carbocycles. The van der Waals surface area contributed by atoms with Gasteiger partial charge in [0.15, 0.2) is 6.10 Å². The maximum Gasteiger partial charge on any atom is 0.306 e. The predicted octanol–water partition coefficient (Wildman–Crippen LogP) is 18.9. The van der Waals surface area contributed by atoms with E-state index in [1.165, 1.54) is 51.4 Å². The molecule has 390 valence electrons. The van der Waals surface area contributed by atoms with Crippen LogP contribution in [0.4, 0.5) is 0 Å². The molecular formula is C63H102O6. The molecule has 0 aromatic rings. The second kappa shape index (κ2) is 56.4. The molecule has 0 rings (SSSR count). The molecule has 69 heavy (non-hydrogen) atoms. The Bertz CT molecular complexity index is 1470. The third kappa shape index (κ3) is 54.6. The van der Waals surface area contributed by atoms with Gasteiger partial charge in [-0.1, -0.05) is 206 Å². The van der Waals surface area contributed by atoms with Crippen molar-refractivity contribution in [3.8, 4) is 0 Å². The molecule has 0 N–H and O–H groups in total. The van der Waals surface area contributed by atoms with Crippen molar-refractivity contribution in [1.82, 2.24) is 0 Å². The highest BCUT2D eigenvalue weighted by molar-refractivity contribution is 5.71. The number of allylic oxidation sites excluding steroid dienone is 20. The average molecular weight is 956 g/mol. The zero-order valence-corrected chi connectivity index (χ0v) is 44.5. The number of carbonyl (C=O) groups is 3. The summed E-state index contributed by atoms with van der Waals surface area (Å²) in [5.41, 5.74) is 0. The highest BCUT2D eigenvalue weighted by Crippen LogP contribution is 2.12. The van der Waals surface area contributed by atoms with Crippen molar-refractivity contribution in [2.75, 3.05) is 13.2 Å². The van der Waals surface area contributed by atoms with Crippen molar-refractivity contribution in [2.45, 2.75) is 245 Å². The molecule has 1 atom stereocenters. The van der Waals surface area contributed by atoms with E-state index in [0.717, 1.165) is 141 Å². The highest BCUT2D eigenvalue weighted by atomic mass is 16.6. The quantitative estimate of drug-likeness (QED) is 0.0262. The predicted molar refractivity (Wildman–Crippen MR) is 297 cm³/mol. The molecule has 0 amide bonds. The maximum atomic E-state index is 12.8. The van der Waals surface area contributed by atoms with Crippen molar-refractivity contribution in [3.05, 3.63) is 122 Å². The van der Waals surface area contributed by atoms with Gasteiger partial charge in [-0.15, -0.1) is 0 Å². The van der Waals surface area contributed by atoms with Crippen LogP contribution in [0.25, 0.3) is 0 Å². The monoisotopic (exact) mass is 955 g/mol. The van der Waals surface area contributed by atoms with Crippen LogP contribution in [0.2, 0.25) is 0 Å². The molecule has 0 aliphatic heterocycles. The summed E-state index contributed by atoms with van der Waals surface area (Å²) in [6.45, 7) is 6.40. The lowest BCUT2D eigenvalue weighted by Gasteiger charge is -2.18. The van der Waals surface area contributed by atoms with E-state index >= 15 is 0 Å². The number of carbonyl (C=O) groups excluding carboxylic acids is 3. The Hall–Kier alpha value is -4.19. The molecule has 6 heteroatoms. The Balaban J connectivity index is 4.54. The van der Waals surface area contributed by atoms with Crippen LogP contribution in [-0.2, 0) is 28.6 Å². The Labute approximate surface area is 424 Å². The largest absolute Gasteiger partial charge is 0.462 e. The normalized spacial score (nSPS) is 13.0. The molecular weight excluding hydrogens is 853 g/mol. The van der Waals surface area contributed by atoms with Crippen LogP contribution >= 0.6 is 0 Å². The third-order valence-electron chi connectivity index (χ3n) is 11.4. The summed E-state index contributed by atoms with van der Waals surface area (Å²) in [4.78, 5) is 38.1. The van der Waals surface area contributed by atoms with Crippen LogP contribution in [0.15, 0.2) is 122 Å². The van der Waals surface area contributed by atoms with Crippen LogP contribution in [-0.4, -0.2) is 37.2 Å². The van der Waals surface area contributed by atoms with Gasteiger partial charge in [0.2, 0.25) is 0 Å².